The number of thioether (sulfide) groups is 1. The van der Waals surface area contributed by atoms with Crippen LogP contribution in [0.25, 0.3) is 0 Å². The predicted molar refractivity (Wildman–Crippen MR) is 86.0 cm³/mol. The Labute approximate surface area is 131 Å². The number of nitrogens with one attached hydrogen (secondary N) is 1. The molecule has 6 nitrogen and oxygen atoms in total. The van der Waals surface area contributed by atoms with Crippen LogP contribution in [0.3, 0.4) is 0 Å². The van der Waals surface area contributed by atoms with Crippen molar-refractivity contribution in [1.82, 2.24) is 19.4 Å². The minimum atomic E-state index is -3.43. The summed E-state index contributed by atoms with van der Waals surface area (Å²) >= 11 is 1.81. The van der Waals surface area contributed by atoms with Crippen molar-refractivity contribution >= 4 is 21.8 Å². The van der Waals surface area contributed by atoms with E-state index in [4.69, 9.17) is 0 Å². The van der Waals surface area contributed by atoms with Crippen LogP contribution in [-0.2, 0) is 16.6 Å². The maximum absolute atomic E-state index is 12.6. The monoisotopic (exact) mass is 332 g/mol. The normalized spacial score (nSPS) is 19.8. The minimum Gasteiger partial charge on any atom is -0.313 e. The molecule has 120 valence electrons. The fraction of sp³-hybridized carbons (Fsp3) is 0.769. The zero-order valence-electron chi connectivity index (χ0n) is 12.8. The Bertz CT molecular complexity index is 550. The summed E-state index contributed by atoms with van der Waals surface area (Å²) < 4.78 is 28.3. The molecule has 1 aromatic heterocycles. The number of nitrogens with zero attached hydrogens (tertiary/aromatic N) is 3. The van der Waals surface area contributed by atoms with Crippen LogP contribution in [0.5, 0.6) is 0 Å². The third kappa shape index (κ3) is 4.21. The van der Waals surface area contributed by atoms with Crippen molar-refractivity contribution in [2.45, 2.75) is 43.8 Å². The van der Waals surface area contributed by atoms with Gasteiger partial charge in [-0.1, -0.05) is 13.8 Å². The van der Waals surface area contributed by atoms with Crippen molar-refractivity contribution in [2.75, 3.05) is 25.1 Å². The summed E-state index contributed by atoms with van der Waals surface area (Å²) in [4.78, 5) is 0.284. The molecule has 1 aliphatic heterocycles. The Kier molecular flexibility index (Phi) is 5.70. The van der Waals surface area contributed by atoms with Crippen molar-refractivity contribution in [3.05, 3.63) is 12.4 Å². The molecule has 0 amide bonds. The van der Waals surface area contributed by atoms with Crippen molar-refractivity contribution in [1.29, 1.82) is 0 Å². The SMILES string of the molecule is CC(C)NCCn1cc(S(=O)(=O)N(C)C2CCSC2)cn1. The summed E-state index contributed by atoms with van der Waals surface area (Å²) in [6.07, 6.45) is 3.99. The van der Waals surface area contributed by atoms with Crippen LogP contribution in [0.2, 0.25) is 0 Å². The lowest BCUT2D eigenvalue weighted by molar-refractivity contribution is 0.394. The maximum Gasteiger partial charge on any atom is 0.246 e. The second-order valence-corrected chi connectivity index (χ2v) is 8.73. The average Bonchev–Trinajstić information content (AvgIpc) is 3.08. The largest absolute Gasteiger partial charge is 0.313 e. The van der Waals surface area contributed by atoms with Crippen LogP contribution in [0.1, 0.15) is 20.3 Å². The molecule has 0 bridgehead atoms. The van der Waals surface area contributed by atoms with Gasteiger partial charge >= 0.3 is 0 Å². The maximum atomic E-state index is 12.6. The summed E-state index contributed by atoms with van der Waals surface area (Å²) in [5.41, 5.74) is 0. The van der Waals surface area contributed by atoms with E-state index in [9.17, 15) is 8.42 Å². The van der Waals surface area contributed by atoms with Gasteiger partial charge in [-0.05, 0) is 12.2 Å². The van der Waals surface area contributed by atoms with Crippen LogP contribution in [0, 0.1) is 0 Å². The first-order valence-corrected chi connectivity index (χ1v) is 9.82. The highest BCUT2D eigenvalue weighted by Gasteiger charge is 2.31. The molecular weight excluding hydrogens is 308 g/mol. The van der Waals surface area contributed by atoms with Gasteiger partial charge in [-0.15, -0.1) is 0 Å². The van der Waals surface area contributed by atoms with E-state index >= 15 is 0 Å². The molecule has 1 aromatic rings. The number of sulfonamides is 1. The lowest BCUT2D eigenvalue weighted by atomic mass is 10.3. The molecule has 8 heteroatoms. The Balaban J connectivity index is 2.01. The highest BCUT2D eigenvalue weighted by atomic mass is 32.2. The Hall–Kier alpha value is -0.570. The minimum absolute atomic E-state index is 0.103. The van der Waals surface area contributed by atoms with E-state index in [2.05, 4.69) is 24.3 Å². The van der Waals surface area contributed by atoms with Gasteiger partial charge in [-0.2, -0.15) is 21.2 Å². The van der Waals surface area contributed by atoms with Gasteiger partial charge in [0.2, 0.25) is 10.0 Å². The molecule has 0 saturated carbocycles. The number of aromatic nitrogens is 2. The summed E-state index contributed by atoms with van der Waals surface area (Å²) in [6, 6.07) is 0.515. The van der Waals surface area contributed by atoms with Crippen LogP contribution < -0.4 is 5.32 Å². The zero-order chi connectivity index (χ0) is 15.5. The molecule has 2 rings (SSSR count). The van der Waals surface area contributed by atoms with Gasteiger partial charge in [0, 0.05) is 37.6 Å². The molecule has 0 aliphatic carbocycles. The Morgan fingerprint density at radius 2 is 2.33 bits per heavy atom. The molecule has 0 aromatic carbocycles. The average molecular weight is 332 g/mol. The molecule has 1 unspecified atom stereocenters. The van der Waals surface area contributed by atoms with Crippen LogP contribution >= 0.6 is 11.8 Å². The van der Waals surface area contributed by atoms with Crippen molar-refractivity contribution < 1.29 is 8.42 Å². The summed E-state index contributed by atoms with van der Waals surface area (Å²) in [5, 5.41) is 7.44. The van der Waals surface area contributed by atoms with Gasteiger partial charge in [0.15, 0.2) is 0 Å². The highest BCUT2D eigenvalue weighted by Crippen LogP contribution is 2.25. The lowest BCUT2D eigenvalue weighted by Gasteiger charge is -2.22. The van der Waals surface area contributed by atoms with Gasteiger partial charge < -0.3 is 5.32 Å². The van der Waals surface area contributed by atoms with Gasteiger partial charge in [0.25, 0.3) is 0 Å². The predicted octanol–water partition coefficient (Wildman–Crippen LogP) is 1.01. The first-order chi connectivity index (χ1) is 9.91. The molecule has 1 fully saturated rings. The Morgan fingerprint density at radius 3 is 2.95 bits per heavy atom. The Morgan fingerprint density at radius 1 is 1.57 bits per heavy atom. The third-order valence-corrected chi connectivity index (χ3v) is 6.61. The number of hydrogen-bond donors (Lipinski definition) is 1. The number of rotatable bonds is 7. The summed E-state index contributed by atoms with van der Waals surface area (Å²) in [5.74, 6) is 1.91. The summed E-state index contributed by atoms with van der Waals surface area (Å²) in [7, 11) is -1.76. The molecule has 0 radical (unpaired) electrons. The van der Waals surface area contributed by atoms with E-state index < -0.39 is 10.0 Å². The highest BCUT2D eigenvalue weighted by molar-refractivity contribution is 7.99. The van der Waals surface area contributed by atoms with Gasteiger partial charge in [-0.25, -0.2) is 8.42 Å². The standard InChI is InChI=1S/C13H24N4O2S2/c1-11(2)14-5-6-17-9-13(8-15-17)21(18,19)16(3)12-4-7-20-10-12/h8-9,11-12,14H,4-7,10H2,1-3H3. The molecule has 1 aliphatic rings. The zero-order valence-corrected chi connectivity index (χ0v) is 14.5. The quantitative estimate of drug-likeness (QED) is 0.807. The van der Waals surface area contributed by atoms with Crippen LogP contribution in [0.4, 0.5) is 0 Å². The number of hydrogen-bond acceptors (Lipinski definition) is 5. The fourth-order valence-electron chi connectivity index (χ4n) is 2.24. The second-order valence-electron chi connectivity index (χ2n) is 5.59. The molecule has 21 heavy (non-hydrogen) atoms. The van der Waals surface area contributed by atoms with Crippen molar-refractivity contribution in [3.8, 4) is 0 Å². The fourth-order valence-corrected chi connectivity index (χ4v) is 4.94. The van der Waals surface area contributed by atoms with Crippen molar-refractivity contribution in [2.24, 2.45) is 0 Å². The third-order valence-electron chi connectivity index (χ3n) is 3.60. The first-order valence-electron chi connectivity index (χ1n) is 7.23. The van der Waals surface area contributed by atoms with E-state index in [0.29, 0.717) is 12.6 Å². The van der Waals surface area contributed by atoms with Crippen molar-refractivity contribution in [3.63, 3.8) is 0 Å². The second kappa shape index (κ2) is 7.13. The topological polar surface area (TPSA) is 67.2 Å². The molecule has 1 saturated heterocycles. The molecular formula is C13H24N4O2S2. The van der Waals surface area contributed by atoms with Crippen LogP contribution in [-0.4, -0.2) is 59.7 Å². The van der Waals surface area contributed by atoms with E-state index in [-0.39, 0.29) is 10.9 Å². The van der Waals surface area contributed by atoms with Gasteiger partial charge in [-0.3, -0.25) is 4.68 Å². The van der Waals surface area contributed by atoms with Crippen LogP contribution in [0.15, 0.2) is 17.3 Å². The molecule has 1 N–H and O–H groups in total. The molecule has 1 atom stereocenters. The van der Waals surface area contributed by atoms with E-state index in [1.54, 1.807) is 29.7 Å². The van der Waals surface area contributed by atoms with Gasteiger partial charge in [0.05, 0.1) is 12.7 Å². The van der Waals surface area contributed by atoms with E-state index in [1.165, 1.54) is 10.5 Å². The molecule has 0 spiro atoms. The van der Waals surface area contributed by atoms with Gasteiger partial charge in [0.1, 0.15) is 4.90 Å². The summed E-state index contributed by atoms with van der Waals surface area (Å²) in [6.45, 7) is 5.59. The lowest BCUT2D eigenvalue weighted by Crippen LogP contribution is -2.36. The first kappa shape index (κ1) is 16.8. The van der Waals surface area contributed by atoms with E-state index in [1.807, 2.05) is 0 Å². The van der Waals surface area contributed by atoms with E-state index in [0.717, 1.165) is 24.5 Å². The molecule has 2 heterocycles. The smallest absolute Gasteiger partial charge is 0.246 e.